The van der Waals surface area contributed by atoms with Crippen molar-refractivity contribution in [1.29, 1.82) is 0 Å². The Morgan fingerprint density at radius 2 is 2.07 bits per heavy atom. The number of rotatable bonds is 3. The van der Waals surface area contributed by atoms with E-state index in [0.717, 1.165) is 5.69 Å². The van der Waals surface area contributed by atoms with Crippen molar-refractivity contribution in [2.24, 2.45) is 5.73 Å². The van der Waals surface area contributed by atoms with E-state index in [-0.39, 0.29) is 6.61 Å². The highest BCUT2D eigenvalue weighted by atomic mass is 16.3. The molecule has 3 N–H and O–H groups in total. The van der Waals surface area contributed by atoms with Gasteiger partial charge >= 0.3 is 0 Å². The molecule has 1 unspecified atom stereocenters. The van der Waals surface area contributed by atoms with Gasteiger partial charge in [0.2, 0.25) is 0 Å². The first-order valence-electron chi connectivity index (χ1n) is 4.77. The summed E-state index contributed by atoms with van der Waals surface area (Å²) in [7, 11) is 0. The van der Waals surface area contributed by atoms with Crippen LogP contribution in [0, 0.1) is 0 Å². The minimum Gasteiger partial charge on any atom is -0.394 e. The largest absolute Gasteiger partial charge is 0.394 e. The van der Waals surface area contributed by atoms with E-state index in [1.165, 1.54) is 0 Å². The molecule has 0 saturated carbocycles. The molecule has 1 aromatic heterocycles. The third-order valence-electron chi connectivity index (χ3n) is 2.23. The van der Waals surface area contributed by atoms with Crippen molar-refractivity contribution >= 4 is 0 Å². The molecule has 0 aliphatic rings. The Morgan fingerprint density at radius 1 is 1.33 bits per heavy atom. The molecule has 0 bridgehead atoms. The molecule has 0 aliphatic carbocycles. The van der Waals surface area contributed by atoms with Crippen molar-refractivity contribution in [1.82, 2.24) is 9.55 Å². The first-order valence-corrected chi connectivity index (χ1v) is 4.77. The van der Waals surface area contributed by atoms with Crippen LogP contribution >= 0.6 is 0 Å². The van der Waals surface area contributed by atoms with Crippen LogP contribution in [0.3, 0.4) is 0 Å². The fourth-order valence-corrected chi connectivity index (χ4v) is 1.36. The Hall–Kier alpha value is -1.65. The summed E-state index contributed by atoms with van der Waals surface area (Å²) in [5.41, 5.74) is 7.38. The monoisotopic (exact) mass is 203 g/mol. The van der Waals surface area contributed by atoms with Crippen LogP contribution in [0.2, 0.25) is 0 Å². The van der Waals surface area contributed by atoms with Crippen LogP contribution in [0.1, 0.15) is 11.7 Å². The highest BCUT2D eigenvalue weighted by Gasteiger charge is 2.07. The van der Waals surface area contributed by atoms with E-state index in [9.17, 15) is 0 Å². The molecule has 0 spiro atoms. The van der Waals surface area contributed by atoms with Crippen LogP contribution in [0.4, 0.5) is 0 Å². The number of imidazole rings is 1. The van der Waals surface area contributed by atoms with Gasteiger partial charge in [0, 0.05) is 11.9 Å². The predicted molar refractivity (Wildman–Crippen MR) is 57.6 cm³/mol. The molecule has 4 heteroatoms. The molecule has 0 radical (unpaired) electrons. The molecule has 78 valence electrons. The van der Waals surface area contributed by atoms with E-state index in [1.807, 2.05) is 41.1 Å². The summed E-state index contributed by atoms with van der Waals surface area (Å²) < 4.78 is 1.88. The van der Waals surface area contributed by atoms with Crippen LogP contribution in [-0.4, -0.2) is 21.3 Å². The normalized spacial score (nSPS) is 12.7. The zero-order valence-corrected chi connectivity index (χ0v) is 8.24. The molecule has 0 amide bonds. The molecular formula is C11H13N3O. The number of aromatic nitrogens is 2. The summed E-state index contributed by atoms with van der Waals surface area (Å²) in [4.78, 5) is 4.14. The van der Waals surface area contributed by atoms with Crippen molar-refractivity contribution in [2.45, 2.75) is 6.04 Å². The quantitative estimate of drug-likeness (QED) is 0.777. The molecule has 1 atom stereocenters. The fraction of sp³-hybridized carbons (Fsp3) is 0.182. The van der Waals surface area contributed by atoms with E-state index < -0.39 is 6.04 Å². The Morgan fingerprint density at radius 3 is 2.73 bits per heavy atom. The molecule has 0 aliphatic heterocycles. The van der Waals surface area contributed by atoms with Gasteiger partial charge in [-0.05, 0) is 12.1 Å². The van der Waals surface area contributed by atoms with Crippen molar-refractivity contribution < 1.29 is 5.11 Å². The molecule has 4 nitrogen and oxygen atoms in total. The number of benzene rings is 1. The third-order valence-corrected chi connectivity index (χ3v) is 2.23. The van der Waals surface area contributed by atoms with Gasteiger partial charge in [0.1, 0.15) is 0 Å². The van der Waals surface area contributed by atoms with Gasteiger partial charge < -0.3 is 15.4 Å². The van der Waals surface area contributed by atoms with Gasteiger partial charge in [-0.25, -0.2) is 4.98 Å². The summed E-state index contributed by atoms with van der Waals surface area (Å²) in [5.74, 6) is 0. The molecule has 0 saturated heterocycles. The maximum absolute atomic E-state index is 8.89. The minimum absolute atomic E-state index is 0.0915. The van der Waals surface area contributed by atoms with E-state index in [0.29, 0.717) is 5.69 Å². The molecule has 15 heavy (non-hydrogen) atoms. The average Bonchev–Trinajstić information content (AvgIpc) is 2.78. The molecule has 0 fully saturated rings. The van der Waals surface area contributed by atoms with Gasteiger partial charge in [0.25, 0.3) is 0 Å². The van der Waals surface area contributed by atoms with E-state index in [4.69, 9.17) is 10.8 Å². The number of para-hydroxylation sites is 1. The zero-order valence-electron chi connectivity index (χ0n) is 8.24. The van der Waals surface area contributed by atoms with E-state index in [1.54, 1.807) is 6.33 Å². The van der Waals surface area contributed by atoms with Crippen molar-refractivity contribution in [3.63, 3.8) is 0 Å². The van der Waals surface area contributed by atoms with Crippen LogP contribution in [0.15, 0.2) is 42.9 Å². The third kappa shape index (κ3) is 2.06. The van der Waals surface area contributed by atoms with Crippen molar-refractivity contribution in [2.75, 3.05) is 6.61 Å². The molecule has 1 aromatic carbocycles. The second kappa shape index (κ2) is 4.25. The van der Waals surface area contributed by atoms with E-state index in [2.05, 4.69) is 4.98 Å². The van der Waals surface area contributed by atoms with Crippen LogP contribution < -0.4 is 5.73 Å². The van der Waals surface area contributed by atoms with Crippen molar-refractivity contribution in [3.8, 4) is 5.69 Å². The fourth-order valence-electron chi connectivity index (χ4n) is 1.36. The summed E-state index contributed by atoms with van der Waals surface area (Å²) in [6.45, 7) is -0.0915. The summed E-state index contributed by atoms with van der Waals surface area (Å²) >= 11 is 0. The molecule has 1 heterocycles. The predicted octanol–water partition coefficient (Wildman–Crippen LogP) is 0.864. The Bertz CT molecular complexity index is 424. The van der Waals surface area contributed by atoms with Gasteiger partial charge in [-0.1, -0.05) is 18.2 Å². The van der Waals surface area contributed by atoms with Gasteiger partial charge in [0.05, 0.1) is 24.7 Å². The molecule has 2 rings (SSSR count). The number of nitrogens with zero attached hydrogens (tertiary/aromatic N) is 2. The topological polar surface area (TPSA) is 64.1 Å². The van der Waals surface area contributed by atoms with Gasteiger partial charge in [-0.3, -0.25) is 0 Å². The summed E-state index contributed by atoms with van der Waals surface area (Å²) in [6.07, 6.45) is 3.52. The van der Waals surface area contributed by atoms with Crippen molar-refractivity contribution in [3.05, 3.63) is 48.5 Å². The minimum atomic E-state index is -0.407. The first-order chi connectivity index (χ1) is 7.31. The maximum Gasteiger partial charge on any atom is 0.0995 e. The number of nitrogens with two attached hydrogens (primary N) is 1. The lowest BCUT2D eigenvalue weighted by molar-refractivity contribution is 0.266. The smallest absolute Gasteiger partial charge is 0.0995 e. The summed E-state index contributed by atoms with van der Waals surface area (Å²) in [6, 6.07) is 9.43. The first kappa shape index (κ1) is 9.89. The number of aliphatic hydroxyl groups excluding tert-OH is 1. The lowest BCUT2D eigenvalue weighted by Gasteiger charge is -2.03. The van der Waals surface area contributed by atoms with Crippen LogP contribution in [0.25, 0.3) is 5.69 Å². The second-order valence-electron chi connectivity index (χ2n) is 3.33. The Balaban J connectivity index is 2.28. The Labute approximate surface area is 88.0 Å². The average molecular weight is 203 g/mol. The van der Waals surface area contributed by atoms with Gasteiger partial charge in [0.15, 0.2) is 0 Å². The maximum atomic E-state index is 8.89. The molecular weight excluding hydrogens is 190 g/mol. The van der Waals surface area contributed by atoms with E-state index >= 15 is 0 Å². The number of hydrogen-bond donors (Lipinski definition) is 2. The second-order valence-corrected chi connectivity index (χ2v) is 3.33. The summed E-state index contributed by atoms with van der Waals surface area (Å²) in [5, 5.41) is 8.89. The lowest BCUT2D eigenvalue weighted by Crippen LogP contribution is -2.14. The number of aliphatic hydroxyl groups is 1. The Kier molecular flexibility index (Phi) is 2.80. The SMILES string of the molecule is NC(CO)c1cn(-c2ccccc2)cn1. The zero-order chi connectivity index (χ0) is 10.7. The van der Waals surface area contributed by atoms with Crippen LogP contribution in [0.5, 0.6) is 0 Å². The highest BCUT2D eigenvalue weighted by molar-refractivity contribution is 5.31. The number of hydrogen-bond acceptors (Lipinski definition) is 3. The standard InChI is InChI=1S/C11H13N3O/c12-10(7-15)11-6-14(8-13-11)9-4-2-1-3-5-9/h1-6,8,10,15H,7,12H2. The van der Waals surface area contributed by atoms with Gasteiger partial charge in [-0.15, -0.1) is 0 Å². The lowest BCUT2D eigenvalue weighted by atomic mass is 10.2. The van der Waals surface area contributed by atoms with Gasteiger partial charge in [-0.2, -0.15) is 0 Å². The van der Waals surface area contributed by atoms with Crippen LogP contribution in [-0.2, 0) is 0 Å². The highest BCUT2D eigenvalue weighted by Crippen LogP contribution is 2.11. The molecule has 2 aromatic rings.